The van der Waals surface area contributed by atoms with Crippen molar-refractivity contribution < 1.29 is 10.8 Å². The number of H-pyrrole nitrogens is 1. The van der Waals surface area contributed by atoms with Gasteiger partial charge in [0.05, 0.1) is 53.8 Å². The standard InChI is InChI=1S/C54H72N4O2/c1-38(2)15-11-17-40(5)19-13-21-42(7)29-31-59-44(9)52-37-54(45(10)60-32-30-43(8)22-14-20-41(6)18-12-16-39(3)4)36-51-28-27-49(57-51)34-47-24-23-46(55-47)33-48-25-26-50(56-48)35-53(52)58-54/h15-16,19-20,23-30,33-36,44-45,55,58H,11-14,17-18,21-22,31-32,37H2,1-10H3/i37D. The zero-order valence-electron chi connectivity index (χ0n) is 39.3. The van der Waals surface area contributed by atoms with Crippen molar-refractivity contribution in [3.63, 3.8) is 0 Å². The van der Waals surface area contributed by atoms with E-state index < -0.39 is 18.0 Å². The largest absolute Gasteiger partial charge is 0.373 e. The van der Waals surface area contributed by atoms with E-state index in [1.165, 1.54) is 33.4 Å². The predicted octanol–water partition coefficient (Wildman–Crippen LogP) is 12.0. The maximum absolute atomic E-state index is 10.1. The summed E-state index contributed by atoms with van der Waals surface area (Å²) in [4.78, 5) is 13.5. The van der Waals surface area contributed by atoms with Crippen LogP contribution in [0, 0.1) is 0 Å². The Kier molecular flexibility index (Phi) is 16.9. The van der Waals surface area contributed by atoms with E-state index in [4.69, 9.17) is 19.5 Å². The molecule has 0 aromatic carbocycles. The molecule has 0 amide bonds. The highest BCUT2D eigenvalue weighted by Gasteiger charge is 2.43. The second-order valence-corrected chi connectivity index (χ2v) is 17.5. The van der Waals surface area contributed by atoms with Crippen molar-refractivity contribution in [3.05, 3.63) is 152 Å². The van der Waals surface area contributed by atoms with Crippen molar-refractivity contribution in [1.29, 1.82) is 0 Å². The number of aliphatic imine (C=N–C) groups is 2. The Labute approximate surface area is 363 Å². The molecule has 6 nitrogen and oxygen atoms in total. The van der Waals surface area contributed by atoms with Crippen LogP contribution in [-0.4, -0.2) is 47.4 Å². The Morgan fingerprint density at radius 3 is 1.68 bits per heavy atom. The molecule has 2 N–H and O–H groups in total. The van der Waals surface area contributed by atoms with Gasteiger partial charge >= 0.3 is 0 Å². The maximum Gasteiger partial charge on any atom is 0.0878 e. The van der Waals surface area contributed by atoms with Gasteiger partial charge in [-0.25, -0.2) is 9.98 Å². The van der Waals surface area contributed by atoms with Crippen LogP contribution in [0.2, 0.25) is 0 Å². The number of aromatic nitrogens is 1. The average Bonchev–Trinajstić information content (AvgIpc) is 3.99. The Morgan fingerprint density at radius 2 is 1.13 bits per heavy atom. The number of nitrogens with zero attached hydrogens (tertiary/aromatic N) is 2. The smallest absolute Gasteiger partial charge is 0.0878 e. The van der Waals surface area contributed by atoms with Gasteiger partial charge in [0.1, 0.15) is 0 Å². The molecule has 0 saturated carbocycles. The normalized spacial score (nSPS) is 21.6. The van der Waals surface area contributed by atoms with Crippen LogP contribution < -0.4 is 16.0 Å². The molecule has 6 heteroatoms. The van der Waals surface area contributed by atoms with Crippen molar-refractivity contribution in [2.24, 2.45) is 9.98 Å². The fraction of sp³-hybridized carbons (Fsp3) is 0.444. The molecule has 0 radical (unpaired) electrons. The monoisotopic (exact) mass is 810 g/mol. The first-order valence-electron chi connectivity index (χ1n) is 22.7. The summed E-state index contributed by atoms with van der Waals surface area (Å²) in [6.07, 6.45) is 37.1. The summed E-state index contributed by atoms with van der Waals surface area (Å²) in [6, 6.07) is 4.11. The lowest BCUT2D eigenvalue weighted by Crippen LogP contribution is -2.49. The second-order valence-electron chi connectivity index (χ2n) is 17.5. The van der Waals surface area contributed by atoms with E-state index in [0.717, 1.165) is 96.2 Å². The summed E-state index contributed by atoms with van der Waals surface area (Å²) in [5.74, 6) is 0. The topological polar surface area (TPSA) is 71.0 Å². The van der Waals surface area contributed by atoms with Crippen LogP contribution in [0.25, 0.3) is 12.2 Å². The fourth-order valence-corrected chi connectivity index (χ4v) is 7.54. The van der Waals surface area contributed by atoms with E-state index in [1.54, 1.807) is 0 Å². The zero-order valence-corrected chi connectivity index (χ0v) is 38.3. The lowest BCUT2D eigenvalue weighted by Gasteiger charge is -2.34. The van der Waals surface area contributed by atoms with Crippen molar-refractivity contribution >= 4 is 23.6 Å². The molecule has 320 valence electrons. The molecule has 4 aliphatic rings. The molecule has 5 rings (SSSR count). The van der Waals surface area contributed by atoms with Gasteiger partial charge in [0.15, 0.2) is 0 Å². The number of hydrogen-bond acceptors (Lipinski definition) is 5. The molecule has 0 fully saturated rings. The Balaban J connectivity index is 1.38. The third-order valence-electron chi connectivity index (χ3n) is 11.4. The van der Waals surface area contributed by atoms with E-state index in [0.29, 0.717) is 13.2 Å². The summed E-state index contributed by atoms with van der Waals surface area (Å²) >= 11 is 0. The molecule has 1 aromatic heterocycles. The van der Waals surface area contributed by atoms with E-state index in [2.05, 4.69) is 140 Å². The highest BCUT2D eigenvalue weighted by Crippen LogP contribution is 2.38. The van der Waals surface area contributed by atoms with Crippen LogP contribution in [0.3, 0.4) is 0 Å². The molecule has 60 heavy (non-hydrogen) atoms. The van der Waals surface area contributed by atoms with Crippen LogP contribution in [0.1, 0.15) is 128 Å². The number of ether oxygens (including phenoxy) is 2. The van der Waals surface area contributed by atoms with Gasteiger partial charge in [0, 0.05) is 24.2 Å². The Bertz CT molecular complexity index is 2270. The van der Waals surface area contributed by atoms with Gasteiger partial charge in [0.2, 0.25) is 0 Å². The van der Waals surface area contributed by atoms with Crippen LogP contribution in [0.5, 0.6) is 0 Å². The summed E-state index contributed by atoms with van der Waals surface area (Å²) in [7, 11) is 0. The minimum Gasteiger partial charge on any atom is -0.373 e. The quantitative estimate of drug-likeness (QED) is 0.129. The lowest BCUT2D eigenvalue weighted by atomic mass is 9.86. The van der Waals surface area contributed by atoms with Crippen LogP contribution in [-0.2, 0) is 9.47 Å². The molecule has 1 aromatic rings. The van der Waals surface area contributed by atoms with E-state index >= 15 is 0 Å². The van der Waals surface area contributed by atoms with Crippen LogP contribution >= 0.6 is 0 Å². The molecule has 4 aliphatic heterocycles. The molecule has 4 atom stereocenters. The fourth-order valence-electron chi connectivity index (χ4n) is 7.54. The summed E-state index contributed by atoms with van der Waals surface area (Å²) in [5.41, 5.74) is 12.3. The number of hydrogen-bond donors (Lipinski definition) is 2. The van der Waals surface area contributed by atoms with Crippen molar-refractivity contribution in [2.75, 3.05) is 13.2 Å². The third kappa shape index (κ3) is 14.7. The van der Waals surface area contributed by atoms with Crippen molar-refractivity contribution in [1.82, 2.24) is 10.3 Å². The van der Waals surface area contributed by atoms with Gasteiger partial charge < -0.3 is 19.8 Å². The highest BCUT2D eigenvalue weighted by molar-refractivity contribution is 6.20. The van der Waals surface area contributed by atoms with Gasteiger partial charge in [-0.05, 0) is 187 Å². The number of nitrogens with one attached hydrogen (secondary N) is 2. The molecule has 5 heterocycles. The number of fused-ring (bicyclic) bond motifs is 6. The number of allylic oxidation sites excluding steroid dienone is 15. The minimum atomic E-state index is -0.940. The van der Waals surface area contributed by atoms with Gasteiger partial charge in [0.25, 0.3) is 0 Å². The molecule has 0 aliphatic carbocycles. The van der Waals surface area contributed by atoms with Crippen LogP contribution in [0.4, 0.5) is 0 Å². The van der Waals surface area contributed by atoms with Crippen LogP contribution in [0.15, 0.2) is 151 Å². The molecular formula is C54H72N4O2. The lowest BCUT2D eigenvalue weighted by molar-refractivity contribution is 0.0351. The van der Waals surface area contributed by atoms with E-state index in [1.807, 2.05) is 36.5 Å². The van der Waals surface area contributed by atoms with E-state index in [-0.39, 0.29) is 6.10 Å². The molecule has 0 saturated heterocycles. The first-order chi connectivity index (χ1) is 29.2. The second kappa shape index (κ2) is 22.7. The molecule has 8 bridgehead atoms. The first-order valence-corrected chi connectivity index (χ1v) is 22.1. The summed E-state index contributed by atoms with van der Waals surface area (Å²) in [6.45, 7) is 22.5. The number of aromatic amines is 1. The minimum absolute atomic E-state index is 0.345. The Hall–Kier alpha value is -4.78. The molecule has 0 spiro atoms. The molecule has 4 unspecified atom stereocenters. The van der Waals surface area contributed by atoms with Crippen molar-refractivity contribution in [3.8, 4) is 0 Å². The Morgan fingerprint density at radius 1 is 0.650 bits per heavy atom. The molecular weight excluding hydrogens is 737 g/mol. The maximum atomic E-state index is 10.1. The summed E-state index contributed by atoms with van der Waals surface area (Å²) in [5, 5.41) is 5.78. The number of rotatable bonds is 20. The van der Waals surface area contributed by atoms with Gasteiger partial charge in [-0.15, -0.1) is 0 Å². The average molecular weight is 810 g/mol. The van der Waals surface area contributed by atoms with Gasteiger partial charge in [-0.3, -0.25) is 0 Å². The predicted molar refractivity (Wildman–Crippen MR) is 257 cm³/mol. The zero-order chi connectivity index (χ0) is 43.9. The first kappa shape index (κ1) is 44.8. The van der Waals surface area contributed by atoms with E-state index in [9.17, 15) is 1.37 Å². The van der Waals surface area contributed by atoms with Gasteiger partial charge in [-0.1, -0.05) is 69.9 Å². The third-order valence-corrected chi connectivity index (χ3v) is 11.4. The highest BCUT2D eigenvalue weighted by atomic mass is 16.5. The van der Waals surface area contributed by atoms with Gasteiger partial charge in [-0.2, -0.15) is 0 Å². The SMILES string of the molecule is [2H]C1C(C(C)OCC=C(C)CCC=C(C)CCC=C(C)C)=C2C=C3C=CC(=N3)C=c3ccc([nH]3)=CC3=NC(=CC1(C(C)OCC=C(C)CCC=C(C)CCC=C(C)C)N2)C=C3. The summed E-state index contributed by atoms with van der Waals surface area (Å²) < 4.78 is 23.4. The van der Waals surface area contributed by atoms with Crippen molar-refractivity contribution in [2.45, 2.75) is 145 Å².